The molecule has 0 radical (unpaired) electrons. The predicted octanol–water partition coefficient (Wildman–Crippen LogP) is 5.82. The lowest BCUT2D eigenvalue weighted by atomic mass is 9.79. The van der Waals surface area contributed by atoms with Crippen LogP contribution in [-0.4, -0.2) is 33.3 Å². The quantitative estimate of drug-likeness (QED) is 0.426. The summed E-state index contributed by atoms with van der Waals surface area (Å²) in [6.07, 6.45) is 15.1. The van der Waals surface area contributed by atoms with Gasteiger partial charge in [0.25, 0.3) is 0 Å². The van der Waals surface area contributed by atoms with Crippen molar-refractivity contribution in [3.8, 4) is 0 Å². The van der Waals surface area contributed by atoms with E-state index < -0.39 is 0 Å². The zero-order valence-corrected chi connectivity index (χ0v) is 18.1. The zero-order chi connectivity index (χ0) is 19.6. The van der Waals surface area contributed by atoms with Crippen molar-refractivity contribution in [2.75, 3.05) is 0 Å². The van der Waals surface area contributed by atoms with Crippen molar-refractivity contribution in [3.63, 3.8) is 0 Å². The summed E-state index contributed by atoms with van der Waals surface area (Å²) in [7, 11) is 0. The summed E-state index contributed by atoms with van der Waals surface area (Å²) in [5, 5.41) is 15.0. The molecule has 0 saturated carbocycles. The largest absolute Gasteiger partial charge is 0.353 e. The molecule has 2 N–H and O–H groups in total. The molecule has 1 heterocycles. The molecular formula is C22H44N2O2. The standard InChI is InChI=1S/C22H44N2O2/c1-6-7-8-9-10-11-12-13-14-15-16-20(25)23-19-17-21(2,3)24(26)22(4,5)18-19/h19,26H,6-18H2,1-5H3,(H,23,25). The Balaban J connectivity index is 2.12. The van der Waals surface area contributed by atoms with Gasteiger partial charge in [0, 0.05) is 23.5 Å². The van der Waals surface area contributed by atoms with Crippen molar-refractivity contribution in [1.82, 2.24) is 10.4 Å². The van der Waals surface area contributed by atoms with E-state index in [1.807, 2.05) is 27.7 Å². The number of nitrogens with zero attached hydrogens (tertiary/aromatic N) is 1. The van der Waals surface area contributed by atoms with Crippen LogP contribution in [0.15, 0.2) is 0 Å². The Morgan fingerprint density at radius 1 is 0.885 bits per heavy atom. The monoisotopic (exact) mass is 368 g/mol. The first-order valence-corrected chi connectivity index (χ1v) is 11.0. The molecule has 1 amide bonds. The summed E-state index contributed by atoms with van der Waals surface area (Å²) in [5.41, 5.74) is -0.617. The first-order chi connectivity index (χ1) is 12.2. The average molecular weight is 369 g/mol. The van der Waals surface area contributed by atoms with Gasteiger partial charge in [-0.3, -0.25) is 4.79 Å². The fraction of sp³-hybridized carbons (Fsp3) is 0.955. The molecule has 0 aliphatic carbocycles. The number of carbonyl (C=O) groups is 1. The Labute approximate surface area is 162 Å². The van der Waals surface area contributed by atoms with E-state index in [1.165, 1.54) is 56.4 Å². The van der Waals surface area contributed by atoms with E-state index in [-0.39, 0.29) is 23.0 Å². The third kappa shape index (κ3) is 8.39. The number of unbranched alkanes of at least 4 members (excludes halogenated alkanes) is 9. The summed E-state index contributed by atoms with van der Waals surface area (Å²) in [6, 6.07) is 0.152. The highest BCUT2D eigenvalue weighted by atomic mass is 16.5. The van der Waals surface area contributed by atoms with Crippen molar-refractivity contribution in [1.29, 1.82) is 0 Å². The van der Waals surface area contributed by atoms with Gasteiger partial charge >= 0.3 is 0 Å². The normalized spacial score (nSPS) is 20.2. The van der Waals surface area contributed by atoms with Crippen LogP contribution in [-0.2, 0) is 4.79 Å². The molecule has 0 aromatic rings. The molecule has 0 aromatic heterocycles. The van der Waals surface area contributed by atoms with Gasteiger partial charge in [-0.05, 0) is 47.0 Å². The molecular weight excluding hydrogens is 324 g/mol. The van der Waals surface area contributed by atoms with Crippen molar-refractivity contribution >= 4 is 5.91 Å². The van der Waals surface area contributed by atoms with Crippen molar-refractivity contribution in [2.24, 2.45) is 0 Å². The fourth-order valence-corrected chi connectivity index (χ4v) is 4.45. The molecule has 0 unspecified atom stereocenters. The minimum atomic E-state index is -0.309. The van der Waals surface area contributed by atoms with Gasteiger partial charge in [-0.1, -0.05) is 64.7 Å². The van der Waals surface area contributed by atoms with E-state index >= 15 is 0 Å². The first-order valence-electron chi connectivity index (χ1n) is 11.0. The summed E-state index contributed by atoms with van der Waals surface area (Å²) >= 11 is 0. The third-order valence-electron chi connectivity index (χ3n) is 5.76. The Hall–Kier alpha value is -0.610. The minimum Gasteiger partial charge on any atom is -0.353 e. The molecule has 26 heavy (non-hydrogen) atoms. The maximum Gasteiger partial charge on any atom is 0.220 e. The molecule has 4 nitrogen and oxygen atoms in total. The lowest BCUT2D eigenvalue weighted by molar-refractivity contribution is -0.246. The SMILES string of the molecule is CCCCCCCCCCCCC(=O)NC1CC(C)(C)N(O)C(C)(C)C1. The first kappa shape index (κ1) is 23.4. The number of hydrogen-bond donors (Lipinski definition) is 2. The van der Waals surface area contributed by atoms with E-state index in [4.69, 9.17) is 0 Å². The number of hydroxylamine groups is 2. The lowest BCUT2D eigenvalue weighted by Crippen LogP contribution is -2.62. The van der Waals surface area contributed by atoms with Gasteiger partial charge in [-0.15, -0.1) is 0 Å². The van der Waals surface area contributed by atoms with Gasteiger partial charge in [-0.2, -0.15) is 5.06 Å². The van der Waals surface area contributed by atoms with E-state index in [0.29, 0.717) is 6.42 Å². The fourth-order valence-electron chi connectivity index (χ4n) is 4.45. The van der Waals surface area contributed by atoms with Crippen LogP contribution in [0.4, 0.5) is 0 Å². The number of amides is 1. The smallest absolute Gasteiger partial charge is 0.220 e. The highest BCUT2D eigenvalue weighted by Gasteiger charge is 2.45. The molecule has 1 fully saturated rings. The summed E-state index contributed by atoms with van der Waals surface area (Å²) in [4.78, 5) is 12.3. The van der Waals surface area contributed by atoms with Crippen LogP contribution >= 0.6 is 0 Å². The molecule has 0 atom stereocenters. The lowest BCUT2D eigenvalue weighted by Gasteiger charge is -2.51. The second-order valence-corrected chi connectivity index (χ2v) is 9.54. The minimum absolute atomic E-state index is 0.152. The predicted molar refractivity (Wildman–Crippen MR) is 109 cm³/mol. The molecule has 0 bridgehead atoms. The van der Waals surface area contributed by atoms with Gasteiger partial charge in [0.05, 0.1) is 0 Å². The Kier molecular flexibility index (Phi) is 10.2. The van der Waals surface area contributed by atoms with Crippen molar-refractivity contribution in [2.45, 2.75) is 135 Å². The number of piperidine rings is 1. The van der Waals surface area contributed by atoms with Crippen LogP contribution < -0.4 is 5.32 Å². The van der Waals surface area contributed by atoms with E-state index in [2.05, 4.69) is 12.2 Å². The Bertz CT molecular complexity index is 389. The van der Waals surface area contributed by atoms with Gasteiger partial charge < -0.3 is 10.5 Å². The zero-order valence-electron chi connectivity index (χ0n) is 18.1. The van der Waals surface area contributed by atoms with Crippen LogP contribution in [0.25, 0.3) is 0 Å². The molecule has 0 spiro atoms. The summed E-state index contributed by atoms with van der Waals surface area (Å²) in [5.74, 6) is 0.174. The number of nitrogens with one attached hydrogen (secondary N) is 1. The van der Waals surface area contributed by atoms with Crippen molar-refractivity contribution < 1.29 is 10.0 Å². The molecule has 1 aliphatic rings. The highest BCUT2D eigenvalue weighted by Crippen LogP contribution is 2.36. The molecule has 4 heteroatoms. The maximum atomic E-state index is 12.3. The van der Waals surface area contributed by atoms with Gasteiger partial charge in [-0.25, -0.2) is 0 Å². The van der Waals surface area contributed by atoms with Gasteiger partial charge in [0.2, 0.25) is 5.91 Å². The Morgan fingerprint density at radius 2 is 1.31 bits per heavy atom. The van der Waals surface area contributed by atoms with E-state index in [0.717, 1.165) is 25.7 Å². The van der Waals surface area contributed by atoms with Crippen molar-refractivity contribution in [3.05, 3.63) is 0 Å². The van der Waals surface area contributed by atoms with E-state index in [1.54, 1.807) is 0 Å². The van der Waals surface area contributed by atoms with Crippen LogP contribution in [0.2, 0.25) is 0 Å². The second kappa shape index (κ2) is 11.3. The van der Waals surface area contributed by atoms with Crippen LogP contribution in [0, 0.1) is 0 Å². The molecule has 1 saturated heterocycles. The maximum absolute atomic E-state index is 12.3. The molecule has 0 aromatic carbocycles. The molecule has 154 valence electrons. The van der Waals surface area contributed by atoms with Crippen LogP contribution in [0.3, 0.4) is 0 Å². The number of carbonyl (C=O) groups excluding carboxylic acids is 1. The molecule has 1 rings (SSSR count). The second-order valence-electron chi connectivity index (χ2n) is 9.54. The number of hydrogen-bond acceptors (Lipinski definition) is 3. The van der Waals surface area contributed by atoms with Gasteiger partial charge in [0.1, 0.15) is 0 Å². The average Bonchev–Trinajstić information content (AvgIpc) is 2.53. The summed E-state index contributed by atoms with van der Waals surface area (Å²) in [6.45, 7) is 10.4. The number of rotatable bonds is 12. The highest BCUT2D eigenvalue weighted by molar-refractivity contribution is 5.76. The summed E-state index contributed by atoms with van der Waals surface area (Å²) < 4.78 is 0. The van der Waals surface area contributed by atoms with Gasteiger partial charge in [0.15, 0.2) is 0 Å². The topological polar surface area (TPSA) is 52.6 Å². The van der Waals surface area contributed by atoms with E-state index in [9.17, 15) is 10.0 Å². The molecule has 1 aliphatic heterocycles. The van der Waals surface area contributed by atoms with Crippen LogP contribution in [0.1, 0.15) is 118 Å². The Morgan fingerprint density at radius 3 is 1.77 bits per heavy atom. The van der Waals surface area contributed by atoms with Crippen LogP contribution in [0.5, 0.6) is 0 Å². The third-order valence-corrected chi connectivity index (χ3v) is 5.76.